The van der Waals surface area contributed by atoms with E-state index in [1.54, 1.807) is 18.2 Å². The molecule has 3 nitrogen and oxygen atoms in total. The molecule has 1 N–H and O–H groups in total. The number of hydrogen-bond acceptors (Lipinski definition) is 3. The molecule has 2 aromatic rings. The summed E-state index contributed by atoms with van der Waals surface area (Å²) in [6.07, 6.45) is 1.31. The molecule has 0 aromatic heterocycles. The molecule has 0 saturated carbocycles. The van der Waals surface area contributed by atoms with E-state index in [4.69, 9.17) is 21.5 Å². The van der Waals surface area contributed by atoms with Gasteiger partial charge >= 0.3 is 0 Å². The molecule has 0 aliphatic heterocycles. The molecule has 98 valence electrons. The van der Waals surface area contributed by atoms with Crippen LogP contribution in [0.1, 0.15) is 11.1 Å². The average Bonchev–Trinajstić information content (AvgIpc) is 2.38. The van der Waals surface area contributed by atoms with Crippen LogP contribution in [0.4, 0.5) is 0 Å². The Bertz CT molecular complexity index is 602. The van der Waals surface area contributed by atoms with Crippen molar-refractivity contribution in [3.8, 4) is 5.75 Å². The van der Waals surface area contributed by atoms with E-state index in [0.29, 0.717) is 22.9 Å². The predicted molar refractivity (Wildman–Crippen MR) is 79.3 cm³/mol. The molecule has 19 heavy (non-hydrogen) atoms. The molecule has 0 aliphatic rings. The minimum absolute atomic E-state index is 0.437. The fourth-order valence-electron chi connectivity index (χ4n) is 1.57. The van der Waals surface area contributed by atoms with Gasteiger partial charge in [0.15, 0.2) is 0 Å². The zero-order valence-corrected chi connectivity index (χ0v) is 12.2. The molecule has 0 aliphatic carbocycles. The summed E-state index contributed by atoms with van der Waals surface area (Å²) in [6, 6.07) is 13.1. The quantitative estimate of drug-likeness (QED) is 0.506. The van der Waals surface area contributed by atoms with Crippen molar-refractivity contribution in [2.75, 3.05) is 0 Å². The van der Waals surface area contributed by atoms with Crippen LogP contribution in [0.3, 0.4) is 0 Å². The van der Waals surface area contributed by atoms with Gasteiger partial charge in [-0.05, 0) is 41.5 Å². The topological polar surface area (TPSA) is 41.8 Å². The van der Waals surface area contributed by atoms with E-state index in [-0.39, 0.29) is 0 Å². The van der Waals surface area contributed by atoms with Gasteiger partial charge in [0.2, 0.25) is 0 Å². The summed E-state index contributed by atoms with van der Waals surface area (Å²) in [5, 5.41) is 11.9. The average molecular weight is 341 g/mol. The van der Waals surface area contributed by atoms with Crippen molar-refractivity contribution in [3.63, 3.8) is 0 Å². The molecule has 0 fully saturated rings. The third kappa shape index (κ3) is 3.98. The summed E-state index contributed by atoms with van der Waals surface area (Å²) in [7, 11) is 0. The van der Waals surface area contributed by atoms with Gasteiger partial charge in [-0.15, -0.1) is 0 Å². The first-order valence-corrected chi connectivity index (χ1v) is 6.70. The summed E-state index contributed by atoms with van der Waals surface area (Å²) in [5.41, 5.74) is 1.76. The van der Waals surface area contributed by atoms with Gasteiger partial charge in [0.25, 0.3) is 0 Å². The highest BCUT2D eigenvalue weighted by atomic mass is 79.9. The highest BCUT2D eigenvalue weighted by Gasteiger charge is 2.03. The van der Waals surface area contributed by atoms with Crippen molar-refractivity contribution < 1.29 is 9.94 Å². The van der Waals surface area contributed by atoms with Crippen LogP contribution in [0.15, 0.2) is 52.1 Å². The SMILES string of the molecule is O/N=C/c1ccc(OCc2cccc(Br)c2)c(Cl)c1. The third-order valence-corrected chi connectivity index (χ3v) is 3.23. The smallest absolute Gasteiger partial charge is 0.138 e. The third-order valence-electron chi connectivity index (χ3n) is 2.45. The van der Waals surface area contributed by atoms with Crippen molar-refractivity contribution in [3.05, 3.63) is 63.1 Å². The van der Waals surface area contributed by atoms with E-state index < -0.39 is 0 Å². The fraction of sp³-hybridized carbons (Fsp3) is 0.0714. The van der Waals surface area contributed by atoms with E-state index in [0.717, 1.165) is 10.0 Å². The lowest BCUT2D eigenvalue weighted by Crippen LogP contribution is -1.96. The van der Waals surface area contributed by atoms with Gasteiger partial charge in [-0.1, -0.05) is 44.8 Å². The molecule has 0 radical (unpaired) electrons. The number of halogens is 2. The van der Waals surface area contributed by atoms with Gasteiger partial charge < -0.3 is 9.94 Å². The van der Waals surface area contributed by atoms with Crippen LogP contribution in [0.25, 0.3) is 0 Å². The van der Waals surface area contributed by atoms with Crippen LogP contribution in [0.5, 0.6) is 5.75 Å². The molecule has 0 atom stereocenters. The number of ether oxygens (including phenoxy) is 1. The van der Waals surface area contributed by atoms with Gasteiger partial charge in [0, 0.05) is 4.47 Å². The summed E-state index contributed by atoms with van der Waals surface area (Å²) in [6.45, 7) is 0.437. The molecular weight excluding hydrogens is 330 g/mol. The molecule has 0 unspecified atom stereocenters. The summed E-state index contributed by atoms with van der Waals surface area (Å²) in [5.74, 6) is 0.594. The first kappa shape index (κ1) is 13.9. The zero-order valence-electron chi connectivity index (χ0n) is 9.88. The Morgan fingerprint density at radius 1 is 1.26 bits per heavy atom. The first-order valence-electron chi connectivity index (χ1n) is 5.53. The van der Waals surface area contributed by atoms with Crippen LogP contribution in [-0.4, -0.2) is 11.4 Å². The van der Waals surface area contributed by atoms with E-state index in [9.17, 15) is 0 Å². The molecule has 0 bridgehead atoms. The fourth-order valence-corrected chi connectivity index (χ4v) is 2.26. The highest BCUT2D eigenvalue weighted by molar-refractivity contribution is 9.10. The molecule has 5 heteroatoms. The normalized spacial score (nSPS) is 10.8. The zero-order chi connectivity index (χ0) is 13.7. The van der Waals surface area contributed by atoms with Crippen molar-refractivity contribution in [1.82, 2.24) is 0 Å². The Morgan fingerprint density at radius 3 is 2.79 bits per heavy atom. The Kier molecular flexibility index (Phi) is 4.82. The number of benzene rings is 2. The number of nitrogens with zero attached hydrogens (tertiary/aromatic N) is 1. The molecule has 0 spiro atoms. The maximum Gasteiger partial charge on any atom is 0.138 e. The molecular formula is C14H11BrClNO2. The number of oxime groups is 1. The van der Waals surface area contributed by atoms with Gasteiger partial charge in [-0.25, -0.2) is 0 Å². The predicted octanol–water partition coefficient (Wildman–Crippen LogP) is 4.49. The summed E-state index contributed by atoms with van der Waals surface area (Å²) >= 11 is 9.49. The van der Waals surface area contributed by atoms with Gasteiger partial charge in [0.05, 0.1) is 11.2 Å². The lowest BCUT2D eigenvalue weighted by atomic mass is 10.2. The first-order chi connectivity index (χ1) is 9.19. The maximum absolute atomic E-state index is 8.45. The minimum atomic E-state index is 0.437. The van der Waals surface area contributed by atoms with Crippen LogP contribution in [0.2, 0.25) is 5.02 Å². The van der Waals surface area contributed by atoms with Gasteiger partial charge in [-0.2, -0.15) is 0 Å². The van der Waals surface area contributed by atoms with Crippen LogP contribution in [-0.2, 0) is 6.61 Å². The second-order valence-electron chi connectivity index (χ2n) is 3.85. The summed E-state index contributed by atoms with van der Waals surface area (Å²) < 4.78 is 6.66. The van der Waals surface area contributed by atoms with Crippen LogP contribution in [0, 0.1) is 0 Å². The van der Waals surface area contributed by atoms with Crippen molar-refractivity contribution >= 4 is 33.7 Å². The largest absolute Gasteiger partial charge is 0.487 e. The standard InChI is InChI=1S/C14H11BrClNO2/c15-12-3-1-2-11(6-12)9-19-14-5-4-10(8-17-18)7-13(14)16/h1-8,18H,9H2/b17-8+. The lowest BCUT2D eigenvalue weighted by Gasteiger charge is -2.08. The Balaban J connectivity index is 2.07. The molecule has 0 heterocycles. The van der Waals surface area contributed by atoms with Crippen molar-refractivity contribution in [2.45, 2.75) is 6.61 Å². The van der Waals surface area contributed by atoms with E-state index in [1.807, 2.05) is 24.3 Å². The van der Waals surface area contributed by atoms with Crippen LogP contribution >= 0.6 is 27.5 Å². The van der Waals surface area contributed by atoms with Gasteiger partial charge in [-0.3, -0.25) is 0 Å². The van der Waals surface area contributed by atoms with Gasteiger partial charge in [0.1, 0.15) is 12.4 Å². The highest BCUT2D eigenvalue weighted by Crippen LogP contribution is 2.26. The second kappa shape index (κ2) is 6.59. The lowest BCUT2D eigenvalue weighted by molar-refractivity contribution is 0.306. The number of hydrogen-bond donors (Lipinski definition) is 1. The van der Waals surface area contributed by atoms with Crippen LogP contribution < -0.4 is 4.74 Å². The minimum Gasteiger partial charge on any atom is -0.487 e. The Hall–Kier alpha value is -1.52. The maximum atomic E-state index is 8.45. The van der Waals surface area contributed by atoms with Crippen molar-refractivity contribution in [1.29, 1.82) is 0 Å². The summed E-state index contributed by atoms with van der Waals surface area (Å²) in [4.78, 5) is 0. The molecule has 0 amide bonds. The molecule has 2 rings (SSSR count). The monoisotopic (exact) mass is 339 g/mol. The van der Waals surface area contributed by atoms with E-state index in [2.05, 4.69) is 21.1 Å². The molecule has 0 saturated heterocycles. The van der Waals surface area contributed by atoms with Crippen molar-refractivity contribution in [2.24, 2.45) is 5.16 Å². The Morgan fingerprint density at radius 2 is 2.11 bits per heavy atom. The number of rotatable bonds is 4. The second-order valence-corrected chi connectivity index (χ2v) is 5.18. The van der Waals surface area contributed by atoms with E-state index in [1.165, 1.54) is 6.21 Å². The van der Waals surface area contributed by atoms with E-state index >= 15 is 0 Å². The Labute approximate surface area is 124 Å². The molecule has 2 aromatic carbocycles.